The fraction of sp³-hybridized carbons (Fsp3) is 0.462. The third-order valence-corrected chi connectivity index (χ3v) is 4.33. The Labute approximate surface area is 118 Å². The van der Waals surface area contributed by atoms with E-state index < -0.39 is 22.0 Å². The molecule has 0 aromatic heterocycles. The Morgan fingerprint density at radius 3 is 2.45 bits per heavy atom. The first-order valence-corrected chi connectivity index (χ1v) is 7.64. The first-order chi connectivity index (χ1) is 9.39. The number of carbonyl (C=O) groups excluding carboxylic acids is 1. The summed E-state index contributed by atoms with van der Waals surface area (Å²) in [6.07, 6.45) is 0.215. The molecule has 112 valence electrons. The number of aliphatic hydroxyl groups is 1. The van der Waals surface area contributed by atoms with Gasteiger partial charge in [0.1, 0.15) is 0 Å². The number of aliphatic hydroxyl groups excluding tert-OH is 1. The number of esters is 1. The molecular weight excluding hydrogens is 282 g/mol. The lowest BCUT2D eigenvalue weighted by atomic mass is 10.2. The van der Waals surface area contributed by atoms with E-state index in [4.69, 9.17) is 0 Å². The minimum atomic E-state index is -3.71. The number of sulfonamides is 1. The van der Waals surface area contributed by atoms with Crippen molar-refractivity contribution in [2.45, 2.75) is 30.7 Å². The van der Waals surface area contributed by atoms with Crippen LogP contribution in [0.25, 0.3) is 0 Å². The number of aryl methyl sites for hydroxylation is 1. The number of nitrogens with one attached hydrogen (secondary N) is 1. The zero-order valence-electron chi connectivity index (χ0n) is 11.5. The third-order valence-electron chi connectivity index (χ3n) is 2.80. The second-order valence-electron chi connectivity index (χ2n) is 4.43. The smallest absolute Gasteiger partial charge is 0.305 e. The Bertz CT molecular complexity index is 538. The lowest BCUT2D eigenvalue weighted by Crippen LogP contribution is -2.37. The Balaban J connectivity index is 2.72. The zero-order chi connectivity index (χ0) is 15.2. The van der Waals surface area contributed by atoms with Crippen LogP contribution < -0.4 is 4.72 Å². The average molecular weight is 301 g/mol. The van der Waals surface area contributed by atoms with E-state index in [0.717, 1.165) is 5.56 Å². The van der Waals surface area contributed by atoms with Crippen molar-refractivity contribution >= 4 is 16.0 Å². The van der Waals surface area contributed by atoms with Gasteiger partial charge < -0.3 is 9.84 Å². The largest absolute Gasteiger partial charge is 0.469 e. The first-order valence-electron chi connectivity index (χ1n) is 6.15. The maximum atomic E-state index is 12.1. The number of benzene rings is 1. The molecule has 1 aromatic rings. The molecule has 7 heteroatoms. The molecule has 6 nitrogen and oxygen atoms in total. The summed E-state index contributed by atoms with van der Waals surface area (Å²) in [4.78, 5) is 11.1. The molecule has 0 amide bonds. The second kappa shape index (κ2) is 7.37. The van der Waals surface area contributed by atoms with E-state index in [1.165, 1.54) is 19.2 Å². The molecule has 0 spiro atoms. The molecule has 0 saturated carbocycles. The van der Waals surface area contributed by atoms with Gasteiger partial charge in [0.25, 0.3) is 0 Å². The van der Waals surface area contributed by atoms with Gasteiger partial charge in [0.15, 0.2) is 0 Å². The molecule has 0 aliphatic heterocycles. The number of ether oxygens (including phenoxy) is 1. The van der Waals surface area contributed by atoms with Gasteiger partial charge in [-0.15, -0.1) is 0 Å². The normalized spacial score (nSPS) is 12.9. The molecule has 0 saturated heterocycles. The summed E-state index contributed by atoms with van der Waals surface area (Å²) in [5, 5.41) is 9.19. The van der Waals surface area contributed by atoms with Crippen molar-refractivity contribution in [3.8, 4) is 0 Å². The highest BCUT2D eigenvalue weighted by molar-refractivity contribution is 7.89. The Morgan fingerprint density at radius 1 is 1.35 bits per heavy atom. The fourth-order valence-corrected chi connectivity index (χ4v) is 2.85. The molecule has 0 fully saturated rings. The Kier molecular flexibility index (Phi) is 6.12. The van der Waals surface area contributed by atoms with Gasteiger partial charge in [0, 0.05) is 12.5 Å². The van der Waals surface area contributed by atoms with E-state index in [1.807, 2.05) is 6.92 Å². The third kappa shape index (κ3) is 4.92. The van der Waals surface area contributed by atoms with E-state index in [2.05, 4.69) is 9.46 Å². The topological polar surface area (TPSA) is 92.7 Å². The standard InChI is InChI=1S/C13H19NO5S/c1-10-3-6-12(7-4-10)20(17,18)14-11(9-15)5-8-13(16)19-2/h3-4,6-7,11,14-15H,5,8-9H2,1-2H3/t11-/m0/s1. The zero-order valence-corrected chi connectivity index (χ0v) is 12.3. The summed E-state index contributed by atoms with van der Waals surface area (Å²) in [7, 11) is -2.45. The molecule has 1 rings (SSSR count). The number of hydrogen-bond acceptors (Lipinski definition) is 5. The van der Waals surface area contributed by atoms with Gasteiger partial charge in [0.05, 0.1) is 18.6 Å². The van der Waals surface area contributed by atoms with Crippen LogP contribution in [0.5, 0.6) is 0 Å². The molecule has 0 aliphatic carbocycles. The van der Waals surface area contributed by atoms with Gasteiger partial charge in [-0.1, -0.05) is 17.7 Å². The highest BCUT2D eigenvalue weighted by atomic mass is 32.2. The van der Waals surface area contributed by atoms with Crippen molar-refractivity contribution in [2.75, 3.05) is 13.7 Å². The van der Waals surface area contributed by atoms with Crippen LogP contribution in [-0.4, -0.2) is 39.3 Å². The lowest BCUT2D eigenvalue weighted by Gasteiger charge is -2.16. The highest BCUT2D eigenvalue weighted by Crippen LogP contribution is 2.11. The van der Waals surface area contributed by atoms with Crippen LogP contribution in [-0.2, 0) is 19.6 Å². The predicted molar refractivity (Wildman–Crippen MR) is 73.6 cm³/mol. The average Bonchev–Trinajstić information content (AvgIpc) is 2.43. The van der Waals surface area contributed by atoms with E-state index in [1.54, 1.807) is 12.1 Å². The maximum Gasteiger partial charge on any atom is 0.305 e. The van der Waals surface area contributed by atoms with Gasteiger partial charge in [-0.2, -0.15) is 0 Å². The summed E-state index contributed by atoms with van der Waals surface area (Å²) in [6, 6.07) is 5.65. The molecule has 20 heavy (non-hydrogen) atoms. The van der Waals surface area contributed by atoms with Crippen molar-refractivity contribution in [1.29, 1.82) is 0 Å². The molecule has 1 atom stereocenters. The van der Waals surface area contributed by atoms with Crippen molar-refractivity contribution in [3.63, 3.8) is 0 Å². The van der Waals surface area contributed by atoms with Crippen LogP contribution >= 0.6 is 0 Å². The van der Waals surface area contributed by atoms with Gasteiger partial charge in [-0.3, -0.25) is 4.79 Å². The van der Waals surface area contributed by atoms with Gasteiger partial charge in [0.2, 0.25) is 10.0 Å². The summed E-state index contributed by atoms with van der Waals surface area (Å²) in [6.45, 7) is 1.47. The summed E-state index contributed by atoms with van der Waals surface area (Å²) >= 11 is 0. The van der Waals surface area contributed by atoms with Crippen molar-refractivity contribution in [1.82, 2.24) is 4.72 Å². The molecule has 1 aromatic carbocycles. The predicted octanol–water partition coefficient (Wildman–Crippen LogP) is 0.587. The monoisotopic (exact) mass is 301 g/mol. The summed E-state index contributed by atoms with van der Waals surface area (Å²) < 4.78 is 31.0. The number of methoxy groups -OCH3 is 1. The van der Waals surface area contributed by atoms with Gasteiger partial charge in [-0.25, -0.2) is 13.1 Å². The van der Waals surface area contributed by atoms with E-state index in [9.17, 15) is 18.3 Å². The fourth-order valence-electron chi connectivity index (χ4n) is 1.59. The Morgan fingerprint density at radius 2 is 1.95 bits per heavy atom. The highest BCUT2D eigenvalue weighted by Gasteiger charge is 2.20. The van der Waals surface area contributed by atoms with Crippen LogP contribution in [0, 0.1) is 6.92 Å². The summed E-state index contributed by atoms with van der Waals surface area (Å²) in [5.41, 5.74) is 0.952. The van der Waals surface area contributed by atoms with Crippen LogP contribution in [0.1, 0.15) is 18.4 Å². The second-order valence-corrected chi connectivity index (χ2v) is 6.14. The molecular formula is C13H19NO5S. The van der Waals surface area contributed by atoms with Crippen molar-refractivity contribution < 1.29 is 23.1 Å². The van der Waals surface area contributed by atoms with E-state index in [-0.39, 0.29) is 24.3 Å². The minimum absolute atomic E-state index is 0.0398. The summed E-state index contributed by atoms with van der Waals surface area (Å²) in [5.74, 6) is -0.446. The minimum Gasteiger partial charge on any atom is -0.469 e. The van der Waals surface area contributed by atoms with E-state index >= 15 is 0 Å². The number of rotatable bonds is 7. The van der Waals surface area contributed by atoms with E-state index in [0.29, 0.717) is 0 Å². The van der Waals surface area contributed by atoms with Crippen LogP contribution in [0.15, 0.2) is 29.2 Å². The molecule has 0 aliphatic rings. The van der Waals surface area contributed by atoms with Crippen LogP contribution in [0.3, 0.4) is 0 Å². The number of hydrogen-bond donors (Lipinski definition) is 2. The molecule has 0 heterocycles. The SMILES string of the molecule is COC(=O)CC[C@@H](CO)NS(=O)(=O)c1ccc(C)cc1. The van der Waals surface area contributed by atoms with Crippen molar-refractivity contribution in [2.24, 2.45) is 0 Å². The first kappa shape index (κ1) is 16.6. The quantitative estimate of drug-likeness (QED) is 0.719. The number of carbonyl (C=O) groups is 1. The van der Waals surface area contributed by atoms with Crippen LogP contribution in [0.2, 0.25) is 0 Å². The Hall–Kier alpha value is -1.44. The molecule has 0 radical (unpaired) electrons. The molecule has 0 bridgehead atoms. The lowest BCUT2D eigenvalue weighted by molar-refractivity contribution is -0.140. The van der Waals surface area contributed by atoms with Gasteiger partial charge >= 0.3 is 5.97 Å². The molecule has 2 N–H and O–H groups in total. The molecule has 0 unspecified atom stereocenters. The van der Waals surface area contributed by atoms with Crippen LogP contribution in [0.4, 0.5) is 0 Å². The maximum absolute atomic E-state index is 12.1. The van der Waals surface area contributed by atoms with Gasteiger partial charge in [-0.05, 0) is 25.5 Å². The van der Waals surface area contributed by atoms with Crippen molar-refractivity contribution in [3.05, 3.63) is 29.8 Å².